The Kier molecular flexibility index (Phi) is 5.77. The van der Waals surface area contributed by atoms with Gasteiger partial charge in [0.25, 0.3) is 15.9 Å². The predicted molar refractivity (Wildman–Crippen MR) is 126 cm³/mol. The topological polar surface area (TPSA) is 115 Å². The number of aryl methyl sites for hydroxylation is 3. The first-order valence-electron chi connectivity index (χ1n) is 10.1. The van der Waals surface area contributed by atoms with Crippen molar-refractivity contribution in [3.63, 3.8) is 0 Å². The number of pyridine rings is 2. The van der Waals surface area contributed by atoms with Gasteiger partial charge in [-0.25, -0.2) is 18.4 Å². The van der Waals surface area contributed by atoms with Gasteiger partial charge >= 0.3 is 0 Å². The number of hydrogen-bond donors (Lipinski definition) is 2. The molecule has 3 aromatic heterocycles. The summed E-state index contributed by atoms with van der Waals surface area (Å²) in [6.45, 7) is 3.63. The van der Waals surface area contributed by atoms with Gasteiger partial charge in [0.05, 0.1) is 30.2 Å². The average molecular weight is 466 g/mol. The molecule has 0 atom stereocenters. The minimum atomic E-state index is -4.06. The van der Waals surface area contributed by atoms with Crippen LogP contribution in [0.25, 0.3) is 11.0 Å². The lowest BCUT2D eigenvalue weighted by Crippen LogP contribution is -2.17. The van der Waals surface area contributed by atoms with Crippen molar-refractivity contribution in [1.82, 2.24) is 14.5 Å². The maximum absolute atomic E-state index is 13.2. The molecular formula is C23H23N5O4S. The lowest BCUT2D eigenvalue weighted by molar-refractivity contribution is 0.102. The van der Waals surface area contributed by atoms with E-state index in [9.17, 15) is 13.2 Å². The Hall–Kier alpha value is -3.92. The molecule has 0 saturated heterocycles. The van der Waals surface area contributed by atoms with E-state index in [1.807, 2.05) is 32.0 Å². The van der Waals surface area contributed by atoms with E-state index >= 15 is 0 Å². The molecule has 0 spiro atoms. The van der Waals surface area contributed by atoms with Gasteiger partial charge < -0.3 is 14.6 Å². The first-order valence-corrected chi connectivity index (χ1v) is 11.5. The number of nitrogens with one attached hydrogen (secondary N) is 2. The van der Waals surface area contributed by atoms with Gasteiger partial charge in [0.1, 0.15) is 5.65 Å². The van der Waals surface area contributed by atoms with Crippen molar-refractivity contribution in [3.8, 4) is 5.88 Å². The van der Waals surface area contributed by atoms with Gasteiger partial charge in [0, 0.05) is 24.8 Å². The summed E-state index contributed by atoms with van der Waals surface area (Å²) in [7, 11) is -0.926. The summed E-state index contributed by atoms with van der Waals surface area (Å²) in [4.78, 5) is 21.1. The first kappa shape index (κ1) is 22.3. The lowest BCUT2D eigenvalue weighted by atomic mass is 10.1. The Bertz CT molecular complexity index is 1460. The van der Waals surface area contributed by atoms with E-state index in [1.54, 1.807) is 36.1 Å². The third-order valence-corrected chi connectivity index (χ3v) is 6.60. The zero-order valence-corrected chi connectivity index (χ0v) is 19.4. The van der Waals surface area contributed by atoms with Crippen molar-refractivity contribution in [2.75, 3.05) is 17.1 Å². The van der Waals surface area contributed by atoms with Crippen LogP contribution in [0.3, 0.4) is 0 Å². The molecule has 33 heavy (non-hydrogen) atoms. The quantitative estimate of drug-likeness (QED) is 0.449. The number of carbonyl (C=O) groups excluding carboxylic acids is 1. The number of carbonyl (C=O) groups is 1. The summed E-state index contributed by atoms with van der Waals surface area (Å²) in [5, 5.41) is 3.41. The molecule has 4 rings (SSSR count). The van der Waals surface area contributed by atoms with Crippen LogP contribution in [0.4, 0.5) is 11.4 Å². The maximum Gasteiger partial charge on any atom is 0.267 e. The summed E-state index contributed by atoms with van der Waals surface area (Å²) in [6.07, 6.45) is 4.67. The SMILES string of the molecule is COc1ncc(NC(=O)c2cn(C)c3ncccc23)cc1S(=O)(=O)Nc1c(C)cccc1C. The highest BCUT2D eigenvalue weighted by Crippen LogP contribution is 2.29. The van der Waals surface area contributed by atoms with Gasteiger partial charge in [-0.15, -0.1) is 0 Å². The molecule has 0 aliphatic carbocycles. The van der Waals surface area contributed by atoms with E-state index in [1.165, 1.54) is 19.4 Å². The number of methoxy groups -OCH3 is 1. The summed E-state index contributed by atoms with van der Waals surface area (Å²) in [6, 6.07) is 10.4. The summed E-state index contributed by atoms with van der Waals surface area (Å²) in [5.41, 5.74) is 3.32. The van der Waals surface area contributed by atoms with Crippen molar-refractivity contribution < 1.29 is 17.9 Å². The molecule has 2 N–H and O–H groups in total. The van der Waals surface area contributed by atoms with E-state index in [0.717, 1.165) is 11.1 Å². The van der Waals surface area contributed by atoms with Gasteiger partial charge in [0.15, 0.2) is 4.90 Å². The molecule has 170 valence electrons. The second-order valence-corrected chi connectivity index (χ2v) is 9.24. The molecular weight excluding hydrogens is 442 g/mol. The monoisotopic (exact) mass is 465 g/mol. The summed E-state index contributed by atoms with van der Waals surface area (Å²) in [5.74, 6) is -0.493. The first-order chi connectivity index (χ1) is 15.7. The third kappa shape index (κ3) is 4.24. The van der Waals surface area contributed by atoms with E-state index in [4.69, 9.17) is 4.74 Å². The molecule has 0 radical (unpaired) electrons. The Balaban J connectivity index is 1.69. The molecule has 0 saturated carbocycles. The van der Waals surface area contributed by atoms with E-state index in [2.05, 4.69) is 20.0 Å². The normalized spacial score (nSPS) is 11.4. The van der Waals surface area contributed by atoms with E-state index in [-0.39, 0.29) is 16.5 Å². The molecule has 4 aromatic rings. The molecule has 3 heterocycles. The highest BCUT2D eigenvalue weighted by atomic mass is 32.2. The predicted octanol–water partition coefficient (Wildman–Crippen LogP) is 3.65. The zero-order chi connectivity index (χ0) is 23.8. The summed E-state index contributed by atoms with van der Waals surface area (Å²) >= 11 is 0. The molecule has 10 heteroatoms. The van der Waals surface area contributed by atoms with Crippen LogP contribution in [0.1, 0.15) is 21.5 Å². The van der Waals surface area contributed by atoms with Crippen molar-refractivity contribution in [2.24, 2.45) is 7.05 Å². The molecule has 0 unspecified atom stereocenters. The number of amides is 1. The number of aromatic nitrogens is 3. The largest absolute Gasteiger partial charge is 0.480 e. The standard InChI is InChI=1S/C23H23N5O4S/c1-14-7-5-8-15(2)20(14)27-33(30,31)19-11-16(12-25-23(19)32-4)26-22(29)18-13-28(3)21-17(18)9-6-10-24-21/h5-13,27H,1-4H3,(H,26,29). The highest BCUT2D eigenvalue weighted by Gasteiger charge is 2.24. The molecule has 0 bridgehead atoms. The number of ether oxygens (including phenoxy) is 1. The molecule has 0 fully saturated rings. The van der Waals surface area contributed by atoms with Gasteiger partial charge in [-0.2, -0.15) is 0 Å². The van der Waals surface area contributed by atoms with Crippen LogP contribution in [0, 0.1) is 13.8 Å². The fraction of sp³-hybridized carbons (Fsp3) is 0.174. The Morgan fingerprint density at radius 3 is 2.52 bits per heavy atom. The van der Waals surface area contributed by atoms with E-state index < -0.39 is 15.9 Å². The number of fused-ring (bicyclic) bond motifs is 1. The smallest absolute Gasteiger partial charge is 0.267 e. The van der Waals surface area contributed by atoms with Crippen LogP contribution in [0.2, 0.25) is 0 Å². The van der Waals surface area contributed by atoms with E-state index in [0.29, 0.717) is 22.3 Å². The molecule has 9 nitrogen and oxygen atoms in total. The van der Waals surface area contributed by atoms with Gasteiger partial charge in [-0.1, -0.05) is 18.2 Å². The minimum absolute atomic E-state index is 0.0823. The minimum Gasteiger partial charge on any atom is -0.480 e. The van der Waals surface area contributed by atoms with Crippen LogP contribution in [-0.2, 0) is 17.1 Å². The van der Waals surface area contributed by atoms with Gasteiger partial charge in [-0.05, 0) is 43.2 Å². The third-order valence-electron chi connectivity index (χ3n) is 5.25. The fourth-order valence-corrected chi connectivity index (χ4v) is 4.95. The number of sulfonamides is 1. The van der Waals surface area contributed by atoms with Crippen molar-refractivity contribution in [2.45, 2.75) is 18.7 Å². The number of rotatable bonds is 6. The Labute approximate surface area is 191 Å². The second-order valence-electron chi connectivity index (χ2n) is 7.59. The zero-order valence-electron chi connectivity index (χ0n) is 18.6. The highest BCUT2D eigenvalue weighted by molar-refractivity contribution is 7.92. The number of nitrogens with zero attached hydrogens (tertiary/aromatic N) is 3. The number of para-hydroxylation sites is 1. The van der Waals surface area contributed by atoms with Crippen molar-refractivity contribution in [3.05, 3.63) is 71.7 Å². The second kappa shape index (κ2) is 8.55. The van der Waals surface area contributed by atoms with Crippen LogP contribution < -0.4 is 14.8 Å². The van der Waals surface area contributed by atoms with Crippen LogP contribution in [0.5, 0.6) is 5.88 Å². The summed E-state index contributed by atoms with van der Waals surface area (Å²) < 4.78 is 36.0. The van der Waals surface area contributed by atoms with Crippen LogP contribution >= 0.6 is 0 Å². The molecule has 1 amide bonds. The van der Waals surface area contributed by atoms with Gasteiger partial charge in [0.2, 0.25) is 5.88 Å². The van der Waals surface area contributed by atoms with Crippen molar-refractivity contribution >= 4 is 38.3 Å². The number of anilines is 2. The molecule has 1 aromatic carbocycles. The van der Waals surface area contributed by atoms with Gasteiger partial charge in [-0.3, -0.25) is 9.52 Å². The molecule has 0 aliphatic heterocycles. The molecule has 0 aliphatic rings. The lowest BCUT2D eigenvalue weighted by Gasteiger charge is -2.15. The maximum atomic E-state index is 13.2. The fourth-order valence-electron chi connectivity index (χ4n) is 3.60. The Morgan fingerprint density at radius 1 is 1.09 bits per heavy atom. The average Bonchev–Trinajstić information content (AvgIpc) is 3.13. The van der Waals surface area contributed by atoms with Crippen LogP contribution in [-0.4, -0.2) is 36.0 Å². The number of hydrogen-bond acceptors (Lipinski definition) is 6. The van der Waals surface area contributed by atoms with Crippen LogP contribution in [0.15, 0.2) is 59.9 Å². The number of benzene rings is 1. The Morgan fingerprint density at radius 2 is 1.82 bits per heavy atom. The van der Waals surface area contributed by atoms with Crippen molar-refractivity contribution in [1.29, 1.82) is 0 Å².